The Morgan fingerprint density at radius 3 is 2.69 bits per heavy atom. The van der Waals surface area contributed by atoms with E-state index in [1.54, 1.807) is 11.3 Å². The van der Waals surface area contributed by atoms with Crippen LogP contribution in [0.2, 0.25) is 0 Å². The lowest BCUT2D eigenvalue weighted by Crippen LogP contribution is -2.28. The second-order valence-electron chi connectivity index (χ2n) is 3.90. The van der Waals surface area contributed by atoms with E-state index in [2.05, 4.69) is 28.9 Å². The summed E-state index contributed by atoms with van der Waals surface area (Å²) in [5.74, 6) is 5.64. The smallest absolute Gasteiger partial charge is 0.0751 e. The van der Waals surface area contributed by atoms with Crippen LogP contribution in [0, 0.1) is 13.8 Å². The summed E-state index contributed by atoms with van der Waals surface area (Å²) in [4.78, 5) is 1.29. The summed E-state index contributed by atoms with van der Waals surface area (Å²) >= 11 is 1.73. The molecule has 0 aliphatic rings. The topological polar surface area (TPSA) is 55.9 Å². The minimum Gasteiger partial charge on any atom is -0.273 e. The van der Waals surface area contributed by atoms with Crippen molar-refractivity contribution >= 4 is 11.3 Å². The van der Waals surface area contributed by atoms with Gasteiger partial charge in [-0.25, -0.2) is 5.43 Å². The van der Waals surface area contributed by atoms with Crippen molar-refractivity contribution in [2.45, 2.75) is 19.9 Å². The van der Waals surface area contributed by atoms with Gasteiger partial charge in [0.2, 0.25) is 0 Å². The summed E-state index contributed by atoms with van der Waals surface area (Å²) in [6.07, 6.45) is 1.87. The lowest BCUT2D eigenvalue weighted by Gasteiger charge is -2.14. The number of rotatable bonds is 3. The van der Waals surface area contributed by atoms with Gasteiger partial charge in [-0.1, -0.05) is 0 Å². The fourth-order valence-corrected chi connectivity index (χ4v) is 2.51. The molecular formula is C11H16N4S. The molecule has 0 aliphatic heterocycles. The molecule has 1 unspecified atom stereocenters. The second-order valence-corrected chi connectivity index (χ2v) is 5.01. The van der Waals surface area contributed by atoms with Gasteiger partial charge in [-0.15, -0.1) is 11.3 Å². The average Bonchev–Trinajstić information content (AvgIpc) is 2.81. The van der Waals surface area contributed by atoms with Gasteiger partial charge in [0, 0.05) is 23.2 Å². The first-order valence-electron chi connectivity index (χ1n) is 5.13. The molecule has 0 amide bonds. The highest BCUT2D eigenvalue weighted by Crippen LogP contribution is 2.27. The van der Waals surface area contributed by atoms with Crippen LogP contribution in [-0.2, 0) is 7.05 Å². The van der Waals surface area contributed by atoms with Gasteiger partial charge in [0.1, 0.15) is 0 Å². The first-order valence-corrected chi connectivity index (χ1v) is 6.01. The third-order valence-electron chi connectivity index (χ3n) is 2.84. The lowest BCUT2D eigenvalue weighted by atomic mass is 10.0. The van der Waals surface area contributed by atoms with E-state index in [4.69, 9.17) is 5.84 Å². The highest BCUT2D eigenvalue weighted by Gasteiger charge is 2.18. The summed E-state index contributed by atoms with van der Waals surface area (Å²) < 4.78 is 1.86. The number of nitrogens with zero attached hydrogens (tertiary/aromatic N) is 2. The zero-order valence-corrected chi connectivity index (χ0v) is 10.5. The summed E-state index contributed by atoms with van der Waals surface area (Å²) in [6, 6.07) is 2.18. The van der Waals surface area contributed by atoms with Crippen LogP contribution in [0.1, 0.15) is 27.7 Å². The Hall–Kier alpha value is -1.17. The van der Waals surface area contributed by atoms with Crippen molar-refractivity contribution in [3.8, 4) is 0 Å². The normalized spacial score (nSPS) is 13.0. The number of nitrogens with one attached hydrogen (secondary N) is 1. The van der Waals surface area contributed by atoms with Gasteiger partial charge in [0.25, 0.3) is 0 Å². The molecule has 5 heteroatoms. The minimum atomic E-state index is 0.0265. The van der Waals surface area contributed by atoms with Crippen LogP contribution in [0.4, 0.5) is 0 Å². The monoisotopic (exact) mass is 236 g/mol. The molecule has 2 heterocycles. The number of hydrogen-bond donors (Lipinski definition) is 2. The first-order chi connectivity index (χ1) is 7.63. The van der Waals surface area contributed by atoms with Gasteiger partial charge >= 0.3 is 0 Å². The third kappa shape index (κ3) is 1.89. The first kappa shape index (κ1) is 11.3. The maximum Gasteiger partial charge on any atom is 0.0751 e. The van der Waals surface area contributed by atoms with Gasteiger partial charge in [0.05, 0.1) is 12.2 Å². The standard InChI is InChI=1S/C11H16N4S/c1-7-4-9(6-16-7)11(14-12)10-5-13-15(3)8(10)2/h4-6,11,14H,12H2,1-3H3. The molecule has 86 valence electrons. The van der Waals surface area contributed by atoms with Crippen molar-refractivity contribution in [1.29, 1.82) is 0 Å². The Morgan fingerprint density at radius 1 is 1.50 bits per heavy atom. The molecule has 0 radical (unpaired) electrons. The summed E-state index contributed by atoms with van der Waals surface area (Å²) in [6.45, 7) is 4.14. The molecule has 16 heavy (non-hydrogen) atoms. The third-order valence-corrected chi connectivity index (χ3v) is 3.71. The Morgan fingerprint density at radius 2 is 2.25 bits per heavy atom. The van der Waals surface area contributed by atoms with E-state index in [0.29, 0.717) is 0 Å². The van der Waals surface area contributed by atoms with Crippen molar-refractivity contribution in [2.75, 3.05) is 0 Å². The molecule has 1 atom stereocenters. The summed E-state index contributed by atoms with van der Waals surface area (Å²) in [5, 5.41) is 6.37. The quantitative estimate of drug-likeness (QED) is 0.629. The molecule has 4 nitrogen and oxygen atoms in total. The number of hydrazine groups is 1. The van der Waals surface area contributed by atoms with E-state index < -0.39 is 0 Å². The van der Waals surface area contributed by atoms with E-state index in [9.17, 15) is 0 Å². The highest BCUT2D eigenvalue weighted by atomic mass is 32.1. The summed E-state index contributed by atoms with van der Waals surface area (Å²) in [5.41, 5.74) is 6.31. The predicted octanol–water partition coefficient (Wildman–Crippen LogP) is 1.65. The molecule has 2 rings (SSSR count). The van der Waals surface area contributed by atoms with Gasteiger partial charge in [-0.3, -0.25) is 10.5 Å². The van der Waals surface area contributed by atoms with E-state index >= 15 is 0 Å². The number of aryl methyl sites for hydroxylation is 2. The van der Waals surface area contributed by atoms with Crippen LogP contribution in [0.5, 0.6) is 0 Å². The highest BCUT2D eigenvalue weighted by molar-refractivity contribution is 7.10. The molecule has 3 N–H and O–H groups in total. The largest absolute Gasteiger partial charge is 0.273 e. The Kier molecular flexibility index (Phi) is 3.09. The molecule has 0 fully saturated rings. The Bertz CT molecular complexity index is 486. The maximum atomic E-state index is 5.64. The van der Waals surface area contributed by atoms with Crippen molar-refractivity contribution in [2.24, 2.45) is 12.9 Å². The van der Waals surface area contributed by atoms with Crippen molar-refractivity contribution < 1.29 is 0 Å². The second kappa shape index (κ2) is 4.37. The summed E-state index contributed by atoms with van der Waals surface area (Å²) in [7, 11) is 1.94. The molecule has 0 saturated heterocycles. The van der Waals surface area contributed by atoms with Crippen molar-refractivity contribution in [1.82, 2.24) is 15.2 Å². The van der Waals surface area contributed by atoms with Gasteiger partial charge in [-0.05, 0) is 30.9 Å². The van der Waals surface area contributed by atoms with Crippen LogP contribution in [-0.4, -0.2) is 9.78 Å². The average molecular weight is 236 g/mol. The zero-order chi connectivity index (χ0) is 11.7. The van der Waals surface area contributed by atoms with Gasteiger partial charge in [0.15, 0.2) is 0 Å². The van der Waals surface area contributed by atoms with E-state index in [0.717, 1.165) is 11.3 Å². The van der Waals surface area contributed by atoms with Gasteiger partial charge < -0.3 is 0 Å². The number of aromatic nitrogens is 2. The van der Waals surface area contributed by atoms with E-state index in [1.165, 1.54) is 10.4 Å². The molecule has 0 saturated carbocycles. The molecule has 0 spiro atoms. The van der Waals surface area contributed by atoms with E-state index in [1.807, 2.05) is 24.9 Å². The van der Waals surface area contributed by atoms with Crippen LogP contribution in [0.3, 0.4) is 0 Å². The fourth-order valence-electron chi connectivity index (χ4n) is 1.78. The lowest BCUT2D eigenvalue weighted by molar-refractivity contribution is 0.632. The number of hydrogen-bond acceptors (Lipinski definition) is 4. The van der Waals surface area contributed by atoms with Gasteiger partial charge in [-0.2, -0.15) is 5.10 Å². The maximum absolute atomic E-state index is 5.64. The number of thiophene rings is 1. The molecule has 2 aromatic heterocycles. The number of nitrogens with two attached hydrogens (primary N) is 1. The van der Waals surface area contributed by atoms with E-state index in [-0.39, 0.29) is 6.04 Å². The molecule has 0 aliphatic carbocycles. The predicted molar refractivity (Wildman–Crippen MR) is 66.2 cm³/mol. The minimum absolute atomic E-state index is 0.0265. The van der Waals surface area contributed by atoms with Crippen molar-refractivity contribution in [3.63, 3.8) is 0 Å². The fraction of sp³-hybridized carbons (Fsp3) is 0.364. The molecule has 0 bridgehead atoms. The van der Waals surface area contributed by atoms with Crippen LogP contribution in [0.25, 0.3) is 0 Å². The SMILES string of the molecule is Cc1cc(C(NN)c2cnn(C)c2C)cs1. The molecule has 0 aromatic carbocycles. The molecular weight excluding hydrogens is 220 g/mol. The van der Waals surface area contributed by atoms with Crippen LogP contribution < -0.4 is 11.3 Å². The van der Waals surface area contributed by atoms with Crippen LogP contribution >= 0.6 is 11.3 Å². The Labute approximate surface area is 99.1 Å². The van der Waals surface area contributed by atoms with Crippen molar-refractivity contribution in [3.05, 3.63) is 39.3 Å². The van der Waals surface area contributed by atoms with Crippen LogP contribution in [0.15, 0.2) is 17.6 Å². The Balaban J connectivity index is 2.40. The molecule has 2 aromatic rings. The zero-order valence-electron chi connectivity index (χ0n) is 9.69.